The van der Waals surface area contributed by atoms with Crippen LogP contribution in [-0.2, 0) is 24.3 Å². The first kappa shape index (κ1) is 20.1. The molecule has 0 spiro atoms. The molecule has 0 aromatic heterocycles. The van der Waals surface area contributed by atoms with Gasteiger partial charge in [-0.2, -0.15) is 0 Å². The normalized spacial score (nSPS) is 18.0. The van der Waals surface area contributed by atoms with E-state index in [9.17, 15) is 18.0 Å². The number of nitrogens with one attached hydrogen (secondary N) is 1. The number of rotatable bonds is 7. The van der Waals surface area contributed by atoms with Crippen LogP contribution < -0.4 is 4.72 Å². The molecule has 1 aliphatic heterocycles. The van der Waals surface area contributed by atoms with Crippen LogP contribution in [0.4, 0.5) is 0 Å². The molecule has 1 aromatic rings. The Morgan fingerprint density at radius 3 is 2.73 bits per heavy atom. The fourth-order valence-electron chi connectivity index (χ4n) is 2.64. The van der Waals surface area contributed by atoms with Crippen molar-refractivity contribution < 1.29 is 22.7 Å². The van der Waals surface area contributed by atoms with Gasteiger partial charge in [-0.15, -0.1) is 0 Å². The minimum Gasteiger partial charge on any atom is -0.455 e. The zero-order valence-corrected chi connectivity index (χ0v) is 15.6. The Kier molecular flexibility index (Phi) is 7.35. The number of hydrogen-bond acceptors (Lipinski definition) is 5. The SMILES string of the molecule is C[C@H]1CCCN(C(=O)COC(=O)CNS(=O)(=O)/C=C/c2ccccc2)C1. The first-order valence-corrected chi connectivity index (χ1v) is 10.1. The third-order valence-corrected chi connectivity index (χ3v) is 5.06. The summed E-state index contributed by atoms with van der Waals surface area (Å²) >= 11 is 0. The third-order valence-electron chi connectivity index (χ3n) is 4.02. The van der Waals surface area contributed by atoms with Crippen LogP contribution in [0.5, 0.6) is 0 Å². The molecular formula is C18H24N2O5S. The molecule has 1 aliphatic rings. The quantitative estimate of drug-likeness (QED) is 0.722. The predicted molar refractivity (Wildman–Crippen MR) is 98.3 cm³/mol. The predicted octanol–water partition coefficient (Wildman–Crippen LogP) is 1.38. The summed E-state index contributed by atoms with van der Waals surface area (Å²) < 4.78 is 30.7. The molecule has 0 radical (unpaired) electrons. The third kappa shape index (κ3) is 6.97. The second-order valence-electron chi connectivity index (χ2n) is 6.33. The van der Waals surface area contributed by atoms with Crippen LogP contribution in [0.2, 0.25) is 0 Å². The smallest absolute Gasteiger partial charge is 0.321 e. The van der Waals surface area contributed by atoms with Crippen molar-refractivity contribution in [2.45, 2.75) is 19.8 Å². The highest BCUT2D eigenvalue weighted by atomic mass is 32.2. The highest BCUT2D eigenvalue weighted by molar-refractivity contribution is 7.92. The van der Waals surface area contributed by atoms with Crippen LogP contribution in [0.1, 0.15) is 25.3 Å². The lowest BCUT2D eigenvalue weighted by atomic mass is 10.0. The molecule has 0 saturated carbocycles. The van der Waals surface area contributed by atoms with E-state index in [0.29, 0.717) is 19.0 Å². The molecule has 1 aromatic carbocycles. The van der Waals surface area contributed by atoms with Crippen LogP contribution in [-0.4, -0.2) is 51.4 Å². The minimum atomic E-state index is -3.77. The second-order valence-corrected chi connectivity index (χ2v) is 7.98. The highest BCUT2D eigenvalue weighted by Gasteiger charge is 2.22. The zero-order valence-electron chi connectivity index (χ0n) is 14.8. The van der Waals surface area contributed by atoms with Crippen LogP contribution in [0.3, 0.4) is 0 Å². The summed E-state index contributed by atoms with van der Waals surface area (Å²) in [4.78, 5) is 25.4. The Morgan fingerprint density at radius 2 is 2.04 bits per heavy atom. The summed E-state index contributed by atoms with van der Waals surface area (Å²) in [5, 5.41) is 0.982. The fraction of sp³-hybridized carbons (Fsp3) is 0.444. The Labute approximate surface area is 154 Å². The lowest BCUT2D eigenvalue weighted by Gasteiger charge is -2.30. The van der Waals surface area contributed by atoms with Gasteiger partial charge in [0.25, 0.3) is 5.91 Å². The summed E-state index contributed by atoms with van der Waals surface area (Å²) in [5.41, 5.74) is 0.724. The van der Waals surface area contributed by atoms with Crippen molar-refractivity contribution in [2.75, 3.05) is 26.2 Å². The van der Waals surface area contributed by atoms with Crippen LogP contribution in [0.15, 0.2) is 35.7 Å². The van der Waals surface area contributed by atoms with Crippen LogP contribution in [0.25, 0.3) is 6.08 Å². The van der Waals surface area contributed by atoms with Crippen molar-refractivity contribution in [3.63, 3.8) is 0 Å². The molecule has 1 N–H and O–H groups in total. The Balaban J connectivity index is 1.73. The standard InChI is InChI=1S/C18H24N2O5S/c1-15-6-5-10-20(13-15)17(21)14-25-18(22)12-19-26(23,24)11-9-16-7-3-2-4-8-16/h2-4,7-9,11,15,19H,5-6,10,12-14H2,1H3/b11-9+/t15-/m0/s1. The summed E-state index contributed by atoms with van der Waals surface area (Å²) in [6.07, 6.45) is 3.45. The van der Waals surface area contributed by atoms with Gasteiger partial charge < -0.3 is 9.64 Å². The van der Waals surface area contributed by atoms with E-state index < -0.39 is 22.5 Å². The van der Waals surface area contributed by atoms with Gasteiger partial charge in [-0.05, 0) is 30.4 Å². The summed E-state index contributed by atoms with van der Waals surface area (Å²) in [6, 6.07) is 8.92. The van der Waals surface area contributed by atoms with E-state index in [4.69, 9.17) is 4.74 Å². The average molecular weight is 380 g/mol. The van der Waals surface area contributed by atoms with E-state index in [-0.39, 0.29) is 12.5 Å². The Bertz CT molecular complexity index is 746. The lowest BCUT2D eigenvalue weighted by Crippen LogP contribution is -2.41. The van der Waals surface area contributed by atoms with Crippen molar-refractivity contribution in [1.29, 1.82) is 0 Å². The van der Waals surface area contributed by atoms with Gasteiger partial charge in [-0.3, -0.25) is 9.59 Å². The van der Waals surface area contributed by atoms with Gasteiger partial charge in [0, 0.05) is 18.5 Å². The molecule has 1 fully saturated rings. The van der Waals surface area contributed by atoms with Crippen molar-refractivity contribution in [2.24, 2.45) is 5.92 Å². The molecule has 7 nitrogen and oxygen atoms in total. The minimum absolute atomic E-state index is 0.253. The molecule has 1 heterocycles. The van der Waals surface area contributed by atoms with Crippen molar-refractivity contribution >= 4 is 28.0 Å². The molecule has 1 saturated heterocycles. The summed E-state index contributed by atoms with van der Waals surface area (Å²) in [6.45, 7) is 2.51. The average Bonchev–Trinajstić information content (AvgIpc) is 2.64. The molecular weight excluding hydrogens is 356 g/mol. The maximum atomic E-state index is 12.0. The lowest BCUT2D eigenvalue weighted by molar-refractivity contribution is -0.151. The number of ether oxygens (including phenoxy) is 1. The van der Waals surface area contributed by atoms with E-state index in [1.807, 2.05) is 6.07 Å². The van der Waals surface area contributed by atoms with E-state index >= 15 is 0 Å². The van der Waals surface area contributed by atoms with Gasteiger partial charge in [0.15, 0.2) is 6.61 Å². The van der Waals surface area contributed by atoms with Gasteiger partial charge in [0.2, 0.25) is 10.0 Å². The molecule has 142 valence electrons. The fourth-order valence-corrected chi connectivity index (χ4v) is 3.39. The number of nitrogens with zero attached hydrogens (tertiary/aromatic N) is 1. The Morgan fingerprint density at radius 1 is 1.31 bits per heavy atom. The maximum Gasteiger partial charge on any atom is 0.321 e. The molecule has 0 bridgehead atoms. The molecule has 0 aliphatic carbocycles. The monoisotopic (exact) mass is 380 g/mol. The number of hydrogen-bond donors (Lipinski definition) is 1. The Hall–Kier alpha value is -2.19. The largest absolute Gasteiger partial charge is 0.455 e. The summed E-state index contributed by atoms with van der Waals surface area (Å²) in [5.74, 6) is -0.608. The second kappa shape index (κ2) is 9.49. The number of benzene rings is 1. The van der Waals surface area contributed by atoms with Crippen molar-refractivity contribution in [1.82, 2.24) is 9.62 Å². The van der Waals surface area contributed by atoms with Gasteiger partial charge in [-0.1, -0.05) is 37.3 Å². The van der Waals surface area contributed by atoms with E-state index in [0.717, 1.165) is 23.8 Å². The highest BCUT2D eigenvalue weighted by Crippen LogP contribution is 2.15. The number of sulfonamides is 1. The molecule has 2 rings (SSSR count). The molecule has 26 heavy (non-hydrogen) atoms. The molecule has 1 atom stereocenters. The first-order chi connectivity index (χ1) is 12.4. The molecule has 8 heteroatoms. The molecule has 1 amide bonds. The summed E-state index contributed by atoms with van der Waals surface area (Å²) in [7, 11) is -3.77. The number of likely N-dealkylation sites (tertiary alicyclic amines) is 1. The van der Waals surface area contributed by atoms with Crippen LogP contribution >= 0.6 is 0 Å². The number of piperidine rings is 1. The van der Waals surface area contributed by atoms with Gasteiger partial charge in [-0.25, -0.2) is 13.1 Å². The number of carbonyl (C=O) groups is 2. The number of esters is 1. The first-order valence-electron chi connectivity index (χ1n) is 8.52. The number of carbonyl (C=O) groups excluding carboxylic acids is 2. The van der Waals surface area contributed by atoms with Gasteiger partial charge in [0.1, 0.15) is 6.54 Å². The van der Waals surface area contributed by atoms with Crippen molar-refractivity contribution in [3.8, 4) is 0 Å². The van der Waals surface area contributed by atoms with E-state index in [1.54, 1.807) is 29.2 Å². The topological polar surface area (TPSA) is 92.8 Å². The van der Waals surface area contributed by atoms with Crippen molar-refractivity contribution in [3.05, 3.63) is 41.3 Å². The van der Waals surface area contributed by atoms with Crippen LogP contribution in [0, 0.1) is 5.92 Å². The zero-order chi connectivity index (χ0) is 19.0. The molecule has 0 unspecified atom stereocenters. The maximum absolute atomic E-state index is 12.0. The van der Waals surface area contributed by atoms with Gasteiger partial charge in [0.05, 0.1) is 0 Å². The number of amides is 1. The van der Waals surface area contributed by atoms with E-state index in [1.165, 1.54) is 6.08 Å². The van der Waals surface area contributed by atoms with E-state index in [2.05, 4.69) is 11.6 Å². The van der Waals surface area contributed by atoms with Gasteiger partial charge >= 0.3 is 5.97 Å².